The molecule has 1 unspecified atom stereocenters. The molecule has 183 valence electrons. The van der Waals surface area contributed by atoms with Crippen molar-refractivity contribution in [2.24, 2.45) is 5.73 Å². The van der Waals surface area contributed by atoms with E-state index in [4.69, 9.17) is 5.73 Å². The molecular weight excluding hydrogens is 442 g/mol. The van der Waals surface area contributed by atoms with E-state index in [0.717, 1.165) is 12.8 Å². The summed E-state index contributed by atoms with van der Waals surface area (Å²) < 4.78 is 4.65. The zero-order valence-electron chi connectivity index (χ0n) is 19.2. The second-order valence-electron chi connectivity index (χ2n) is 8.01. The summed E-state index contributed by atoms with van der Waals surface area (Å²) in [6.45, 7) is 2.25. The molecule has 0 rings (SSSR count). The molecule has 0 aliphatic carbocycles. The smallest absolute Gasteiger partial charge is 2.00 e. The first kappa shape index (κ1) is 34.7. The number of hydrogen-bond acceptors (Lipinski definition) is 6. The molecule has 1 atom stereocenters. The Bertz CT molecular complexity index is 448. The summed E-state index contributed by atoms with van der Waals surface area (Å²) in [4.78, 5) is 33.5. The summed E-state index contributed by atoms with van der Waals surface area (Å²) in [5, 5.41) is 10.3. The van der Waals surface area contributed by atoms with Crippen LogP contribution >= 0.6 is 0 Å². The molecule has 0 fully saturated rings. The Kier molecular flexibility index (Phi) is 28.3. The number of carbonyl (C=O) groups excluding carboxylic acids is 3. The van der Waals surface area contributed by atoms with E-state index in [9.17, 15) is 19.5 Å². The van der Waals surface area contributed by atoms with Crippen LogP contribution in [0, 0.1) is 0 Å². The zero-order chi connectivity index (χ0) is 21.7. The van der Waals surface area contributed by atoms with Crippen LogP contribution in [-0.2, 0) is 41.7 Å². The van der Waals surface area contributed by atoms with Gasteiger partial charge in [-0.1, -0.05) is 96.8 Å². The van der Waals surface area contributed by atoms with E-state index < -0.39 is 23.9 Å². The molecule has 0 saturated carbocycles. The zero-order valence-corrected chi connectivity index (χ0v) is 20.3. The fourth-order valence-corrected chi connectivity index (χ4v) is 3.27. The predicted molar refractivity (Wildman–Crippen MR) is 114 cm³/mol. The number of aliphatic carboxylic acids is 1. The maximum absolute atomic E-state index is 11.6. The molecule has 7 nitrogen and oxygen atoms in total. The van der Waals surface area contributed by atoms with Crippen molar-refractivity contribution < 1.29 is 46.8 Å². The van der Waals surface area contributed by atoms with Crippen LogP contribution in [0.2, 0.25) is 0 Å². The van der Waals surface area contributed by atoms with Crippen molar-refractivity contribution in [1.29, 1.82) is 0 Å². The van der Waals surface area contributed by atoms with Crippen LogP contribution in [0.25, 0.3) is 0 Å². The minimum absolute atomic E-state index is 0. The van der Waals surface area contributed by atoms with Crippen LogP contribution in [0.1, 0.15) is 122 Å². The van der Waals surface area contributed by atoms with Gasteiger partial charge in [0.2, 0.25) is 0 Å². The van der Waals surface area contributed by atoms with Crippen molar-refractivity contribution in [3.63, 3.8) is 0 Å². The summed E-state index contributed by atoms with van der Waals surface area (Å²) >= 11 is 0. The fraction of sp³-hybridized carbons (Fsp3) is 0.870. The molecule has 0 bridgehead atoms. The van der Waals surface area contributed by atoms with Gasteiger partial charge in [0.25, 0.3) is 0 Å². The van der Waals surface area contributed by atoms with Crippen LogP contribution in [0.15, 0.2) is 0 Å². The van der Waals surface area contributed by atoms with Crippen LogP contribution in [0.3, 0.4) is 0 Å². The minimum atomic E-state index is -1.28. The number of carbonyl (C=O) groups is 3. The van der Waals surface area contributed by atoms with Gasteiger partial charge in [-0.15, -0.1) is 0 Å². The summed E-state index contributed by atoms with van der Waals surface area (Å²) in [6.07, 6.45) is 18.5. The molecule has 0 saturated heterocycles. The maximum atomic E-state index is 11.6. The van der Waals surface area contributed by atoms with Gasteiger partial charge in [0.1, 0.15) is 6.04 Å². The molecular formula is C23H42FeNO6. The first-order chi connectivity index (χ1) is 14.0. The molecule has 0 aromatic heterocycles. The number of hydrogen-bond donors (Lipinski definition) is 1. The molecule has 0 amide bonds. The number of carboxylic acid groups (broad SMARTS) is 1. The van der Waals surface area contributed by atoms with Gasteiger partial charge >= 0.3 is 29.0 Å². The monoisotopic (exact) mass is 484 g/mol. The van der Waals surface area contributed by atoms with E-state index in [1.54, 1.807) is 0 Å². The second-order valence-corrected chi connectivity index (χ2v) is 8.01. The molecule has 0 aromatic rings. The molecule has 0 aromatic carbocycles. The third-order valence-electron chi connectivity index (χ3n) is 5.16. The minimum Gasteiger partial charge on any atom is -2.00 e. The molecule has 0 aliphatic heterocycles. The Balaban J connectivity index is -0.00000392. The van der Waals surface area contributed by atoms with Crippen molar-refractivity contribution in [3.8, 4) is 0 Å². The topological polar surface area (TPSA) is 138 Å². The van der Waals surface area contributed by atoms with Gasteiger partial charge in [0, 0.05) is 12.4 Å². The van der Waals surface area contributed by atoms with Gasteiger partial charge in [0.05, 0.1) is 0 Å². The van der Waals surface area contributed by atoms with E-state index in [1.165, 1.54) is 77.0 Å². The molecule has 0 spiro atoms. The SMILES string of the molecule is CCCCCCCCCCCCCCCCCC(=O)OC(=O)C(N)CCC(=O)[O-].[Fe+3].[O-2]. The summed E-state index contributed by atoms with van der Waals surface area (Å²) in [5.41, 5.74) is 5.48. The average Bonchev–Trinajstić information content (AvgIpc) is 2.68. The number of esters is 2. The largest absolute Gasteiger partial charge is 3.00 e. The van der Waals surface area contributed by atoms with Crippen molar-refractivity contribution in [3.05, 3.63) is 0 Å². The van der Waals surface area contributed by atoms with Crippen molar-refractivity contribution in [2.75, 3.05) is 0 Å². The van der Waals surface area contributed by atoms with Gasteiger partial charge < -0.3 is 25.8 Å². The van der Waals surface area contributed by atoms with Crippen LogP contribution < -0.4 is 10.8 Å². The van der Waals surface area contributed by atoms with Crippen molar-refractivity contribution >= 4 is 17.9 Å². The molecule has 0 aliphatic rings. The van der Waals surface area contributed by atoms with E-state index >= 15 is 0 Å². The Morgan fingerprint density at radius 2 is 1.13 bits per heavy atom. The first-order valence-electron chi connectivity index (χ1n) is 11.7. The summed E-state index contributed by atoms with van der Waals surface area (Å²) in [6, 6.07) is -1.10. The number of ether oxygens (including phenoxy) is 1. The molecule has 31 heavy (non-hydrogen) atoms. The van der Waals surface area contributed by atoms with Crippen LogP contribution in [0.4, 0.5) is 0 Å². The number of rotatable bonds is 20. The van der Waals surface area contributed by atoms with Crippen molar-refractivity contribution in [1.82, 2.24) is 0 Å². The van der Waals surface area contributed by atoms with Gasteiger partial charge in [-0.2, -0.15) is 0 Å². The maximum Gasteiger partial charge on any atom is 3.00 e. The van der Waals surface area contributed by atoms with Gasteiger partial charge in [-0.3, -0.25) is 4.79 Å². The molecule has 1 radical (unpaired) electrons. The Hall–Kier alpha value is -0.951. The fourth-order valence-electron chi connectivity index (χ4n) is 3.27. The normalized spacial score (nSPS) is 11.2. The van der Waals surface area contributed by atoms with Gasteiger partial charge in [-0.05, 0) is 19.3 Å². The summed E-state index contributed by atoms with van der Waals surface area (Å²) in [5.74, 6) is -2.73. The number of carboxylic acids is 1. The van der Waals surface area contributed by atoms with Crippen molar-refractivity contribution in [2.45, 2.75) is 129 Å². The van der Waals surface area contributed by atoms with Gasteiger partial charge in [-0.25, -0.2) is 4.79 Å². The van der Waals surface area contributed by atoms with E-state index in [-0.39, 0.29) is 41.8 Å². The summed E-state index contributed by atoms with van der Waals surface area (Å²) in [7, 11) is 0. The third-order valence-corrected chi connectivity index (χ3v) is 5.16. The van der Waals surface area contributed by atoms with E-state index in [2.05, 4.69) is 11.7 Å². The van der Waals surface area contributed by atoms with E-state index in [0.29, 0.717) is 6.42 Å². The molecule has 0 heterocycles. The quantitative estimate of drug-likeness (QED) is 0.120. The molecule has 8 heteroatoms. The van der Waals surface area contributed by atoms with Gasteiger partial charge in [0.15, 0.2) is 0 Å². The molecule has 2 N–H and O–H groups in total. The average molecular weight is 484 g/mol. The second kappa shape index (κ2) is 25.3. The Morgan fingerprint density at radius 1 is 0.742 bits per heavy atom. The third kappa shape index (κ3) is 25.2. The number of nitrogens with two attached hydrogens (primary N) is 1. The standard InChI is InChI=1S/C23H43NO5.Fe.O/c1-2-3-4-5-6-7-8-9-10-11-12-13-14-15-16-17-22(27)29-23(28)20(24)18-19-21(25)26;;/h20H,2-19,24H2,1H3,(H,25,26);;/q;+3;-2/p-1. The van der Waals surface area contributed by atoms with Crippen LogP contribution in [0.5, 0.6) is 0 Å². The van der Waals surface area contributed by atoms with Crippen LogP contribution in [-0.4, -0.2) is 23.9 Å². The first-order valence-corrected chi connectivity index (χ1v) is 11.7. The predicted octanol–water partition coefficient (Wildman–Crippen LogP) is 4.05. The Morgan fingerprint density at radius 3 is 1.52 bits per heavy atom. The van der Waals surface area contributed by atoms with E-state index in [1.807, 2.05) is 0 Å². The Labute approximate surface area is 199 Å². The number of unbranched alkanes of at least 4 members (excludes halogenated alkanes) is 14.